The molecule has 2 rings (SSSR count). The lowest BCUT2D eigenvalue weighted by atomic mass is 9.99. The monoisotopic (exact) mass is 311 g/mol. The molecular weight excluding hydrogens is 300 g/mol. The van der Waals surface area contributed by atoms with Crippen LogP contribution in [0.15, 0.2) is 46.9 Å². The maximum atomic E-state index is 13.1. The zero-order chi connectivity index (χ0) is 13.1. The Labute approximate surface area is 113 Å². The smallest absolute Gasteiger partial charge is 0.126 e. The number of rotatable bonds is 3. The van der Waals surface area contributed by atoms with Crippen molar-refractivity contribution >= 4 is 15.9 Å². The second-order valence-corrected chi connectivity index (χ2v) is 4.96. The highest BCUT2D eigenvalue weighted by Gasteiger charge is 2.11. The number of hydrogen-bond donors (Lipinski definition) is 1. The summed E-state index contributed by atoms with van der Waals surface area (Å²) in [5.41, 5.74) is 7.52. The lowest BCUT2D eigenvalue weighted by Crippen LogP contribution is -2.14. The first-order valence-electron chi connectivity index (χ1n) is 5.51. The predicted octanol–water partition coefficient (Wildman–Crippen LogP) is 3.97. The van der Waals surface area contributed by atoms with Gasteiger partial charge < -0.3 is 5.73 Å². The van der Waals surface area contributed by atoms with Crippen LogP contribution in [0.4, 0.5) is 8.78 Å². The van der Waals surface area contributed by atoms with E-state index in [1.165, 1.54) is 12.1 Å². The summed E-state index contributed by atoms with van der Waals surface area (Å²) in [5, 5.41) is 0. The standard InChI is InChI=1S/C14H12BrF2N/c15-13-4-2-1-3-12(13)14(18)7-9-5-10(16)8-11(17)6-9/h1-6,8,14H,7,18H2. The molecular formula is C14H12BrF2N. The molecule has 1 unspecified atom stereocenters. The van der Waals surface area contributed by atoms with Crippen LogP contribution in [-0.2, 0) is 6.42 Å². The van der Waals surface area contributed by atoms with Gasteiger partial charge in [0.15, 0.2) is 0 Å². The summed E-state index contributed by atoms with van der Waals surface area (Å²) in [4.78, 5) is 0. The minimum atomic E-state index is -0.579. The van der Waals surface area contributed by atoms with Crippen LogP contribution in [0, 0.1) is 11.6 Å². The van der Waals surface area contributed by atoms with Gasteiger partial charge in [0.05, 0.1) is 0 Å². The van der Waals surface area contributed by atoms with E-state index in [2.05, 4.69) is 15.9 Å². The molecule has 0 bridgehead atoms. The van der Waals surface area contributed by atoms with Crippen molar-refractivity contribution in [3.8, 4) is 0 Å². The van der Waals surface area contributed by atoms with Crippen LogP contribution >= 0.6 is 15.9 Å². The fraction of sp³-hybridized carbons (Fsp3) is 0.143. The molecule has 0 aliphatic rings. The van der Waals surface area contributed by atoms with E-state index < -0.39 is 11.6 Å². The molecule has 0 heterocycles. The van der Waals surface area contributed by atoms with E-state index in [-0.39, 0.29) is 6.04 Å². The zero-order valence-electron chi connectivity index (χ0n) is 9.54. The van der Waals surface area contributed by atoms with E-state index in [4.69, 9.17) is 5.73 Å². The number of halogens is 3. The van der Waals surface area contributed by atoms with Gasteiger partial charge in [-0.25, -0.2) is 8.78 Å². The average Bonchev–Trinajstić information content (AvgIpc) is 2.27. The van der Waals surface area contributed by atoms with Gasteiger partial charge in [-0.15, -0.1) is 0 Å². The Hall–Kier alpha value is -1.26. The Balaban J connectivity index is 2.21. The van der Waals surface area contributed by atoms with Crippen molar-refractivity contribution in [3.63, 3.8) is 0 Å². The fourth-order valence-electron chi connectivity index (χ4n) is 1.87. The highest BCUT2D eigenvalue weighted by Crippen LogP contribution is 2.24. The molecule has 0 saturated heterocycles. The van der Waals surface area contributed by atoms with Crippen molar-refractivity contribution in [2.75, 3.05) is 0 Å². The summed E-state index contributed by atoms with van der Waals surface area (Å²) in [5.74, 6) is -1.16. The molecule has 1 nitrogen and oxygen atoms in total. The summed E-state index contributed by atoms with van der Waals surface area (Å²) in [6, 6.07) is 10.7. The highest BCUT2D eigenvalue weighted by atomic mass is 79.9. The minimum Gasteiger partial charge on any atom is -0.324 e. The Morgan fingerprint density at radius 2 is 1.67 bits per heavy atom. The second kappa shape index (κ2) is 5.59. The topological polar surface area (TPSA) is 26.0 Å². The van der Waals surface area contributed by atoms with Crippen LogP contribution < -0.4 is 5.73 Å². The molecule has 0 amide bonds. The summed E-state index contributed by atoms with van der Waals surface area (Å²) >= 11 is 3.41. The number of benzene rings is 2. The predicted molar refractivity (Wildman–Crippen MR) is 71.1 cm³/mol. The molecule has 0 fully saturated rings. The van der Waals surface area contributed by atoms with Crippen LogP contribution in [0.25, 0.3) is 0 Å². The third-order valence-corrected chi connectivity index (χ3v) is 3.40. The minimum absolute atomic E-state index is 0.304. The van der Waals surface area contributed by atoms with E-state index in [9.17, 15) is 8.78 Å². The summed E-state index contributed by atoms with van der Waals surface area (Å²) < 4.78 is 27.0. The Kier molecular flexibility index (Phi) is 4.09. The van der Waals surface area contributed by atoms with Crippen molar-refractivity contribution in [3.05, 3.63) is 69.7 Å². The highest BCUT2D eigenvalue weighted by molar-refractivity contribution is 9.10. The van der Waals surface area contributed by atoms with Crippen molar-refractivity contribution in [1.29, 1.82) is 0 Å². The molecule has 0 aliphatic heterocycles. The van der Waals surface area contributed by atoms with Crippen molar-refractivity contribution < 1.29 is 8.78 Å². The van der Waals surface area contributed by atoms with Crippen molar-refractivity contribution in [1.82, 2.24) is 0 Å². The zero-order valence-corrected chi connectivity index (χ0v) is 11.1. The lowest BCUT2D eigenvalue weighted by molar-refractivity contribution is 0.576. The van der Waals surface area contributed by atoms with Gasteiger partial charge in [0.2, 0.25) is 0 Å². The van der Waals surface area contributed by atoms with Gasteiger partial charge in [0, 0.05) is 16.6 Å². The molecule has 0 aromatic heterocycles. The lowest BCUT2D eigenvalue weighted by Gasteiger charge is -2.14. The molecule has 18 heavy (non-hydrogen) atoms. The summed E-state index contributed by atoms with van der Waals surface area (Å²) in [6.45, 7) is 0. The molecule has 0 spiro atoms. The normalized spacial score (nSPS) is 12.4. The third-order valence-electron chi connectivity index (χ3n) is 2.68. The van der Waals surface area contributed by atoms with Crippen LogP contribution in [-0.4, -0.2) is 0 Å². The van der Waals surface area contributed by atoms with Crippen molar-refractivity contribution in [2.24, 2.45) is 5.73 Å². The van der Waals surface area contributed by atoms with E-state index >= 15 is 0 Å². The van der Waals surface area contributed by atoms with Gasteiger partial charge >= 0.3 is 0 Å². The first-order chi connectivity index (χ1) is 8.56. The van der Waals surface area contributed by atoms with Crippen LogP contribution in [0.5, 0.6) is 0 Å². The van der Waals surface area contributed by atoms with Gasteiger partial charge in [-0.1, -0.05) is 34.1 Å². The van der Waals surface area contributed by atoms with Crippen LogP contribution in [0.1, 0.15) is 17.2 Å². The van der Waals surface area contributed by atoms with E-state index in [1.807, 2.05) is 24.3 Å². The summed E-state index contributed by atoms with van der Waals surface area (Å²) in [6.07, 6.45) is 0.386. The van der Waals surface area contributed by atoms with Gasteiger partial charge in [0.1, 0.15) is 11.6 Å². The first kappa shape index (κ1) is 13.2. The summed E-state index contributed by atoms with van der Waals surface area (Å²) in [7, 11) is 0. The molecule has 0 aliphatic carbocycles. The molecule has 2 aromatic rings. The molecule has 94 valence electrons. The Morgan fingerprint density at radius 3 is 2.28 bits per heavy atom. The molecule has 4 heteroatoms. The van der Waals surface area contributed by atoms with Gasteiger partial charge in [0.25, 0.3) is 0 Å². The van der Waals surface area contributed by atoms with Gasteiger partial charge in [-0.05, 0) is 35.7 Å². The molecule has 2 aromatic carbocycles. The maximum Gasteiger partial charge on any atom is 0.126 e. The average molecular weight is 312 g/mol. The molecule has 2 N–H and O–H groups in total. The van der Waals surface area contributed by atoms with Gasteiger partial charge in [-0.2, -0.15) is 0 Å². The number of nitrogens with two attached hydrogens (primary N) is 1. The quantitative estimate of drug-likeness (QED) is 0.912. The second-order valence-electron chi connectivity index (χ2n) is 4.11. The van der Waals surface area contributed by atoms with Gasteiger partial charge in [-0.3, -0.25) is 0 Å². The van der Waals surface area contributed by atoms with E-state index in [1.54, 1.807) is 0 Å². The number of hydrogen-bond acceptors (Lipinski definition) is 1. The SMILES string of the molecule is NC(Cc1cc(F)cc(F)c1)c1ccccc1Br. The van der Waals surface area contributed by atoms with Crippen LogP contribution in [0.2, 0.25) is 0 Å². The molecule has 1 atom stereocenters. The largest absolute Gasteiger partial charge is 0.324 e. The molecule has 0 radical (unpaired) electrons. The van der Waals surface area contributed by atoms with Crippen molar-refractivity contribution in [2.45, 2.75) is 12.5 Å². The van der Waals surface area contributed by atoms with E-state index in [0.717, 1.165) is 16.1 Å². The van der Waals surface area contributed by atoms with Crippen LogP contribution in [0.3, 0.4) is 0 Å². The molecule has 0 saturated carbocycles. The fourth-order valence-corrected chi connectivity index (χ4v) is 2.45. The Morgan fingerprint density at radius 1 is 1.06 bits per heavy atom. The first-order valence-corrected chi connectivity index (χ1v) is 6.30. The maximum absolute atomic E-state index is 13.1. The third kappa shape index (κ3) is 3.15. The van der Waals surface area contributed by atoms with E-state index in [0.29, 0.717) is 12.0 Å². The Bertz CT molecular complexity index is 537.